The minimum absolute atomic E-state index is 0.0158. The van der Waals surface area contributed by atoms with Gasteiger partial charge < -0.3 is 9.47 Å². The maximum atomic E-state index is 13.2. The van der Waals surface area contributed by atoms with Crippen LogP contribution in [0.1, 0.15) is 6.42 Å². The van der Waals surface area contributed by atoms with E-state index in [0.29, 0.717) is 35.1 Å². The number of morpholine rings is 1. The molecule has 1 aromatic heterocycles. The van der Waals surface area contributed by atoms with Crippen molar-refractivity contribution in [2.24, 2.45) is 0 Å². The first kappa shape index (κ1) is 22.1. The zero-order valence-electron chi connectivity index (χ0n) is 17.3. The van der Waals surface area contributed by atoms with Crippen molar-refractivity contribution in [3.63, 3.8) is 0 Å². The Bertz CT molecular complexity index is 1070. The predicted octanol–water partition coefficient (Wildman–Crippen LogP) is 3.94. The largest absolute Gasteiger partial charge is 0.491 e. The molecule has 6 nitrogen and oxygen atoms in total. The molecule has 0 aliphatic carbocycles. The molecule has 0 amide bonds. The lowest BCUT2D eigenvalue weighted by Crippen LogP contribution is -2.37. The van der Waals surface area contributed by atoms with Crippen molar-refractivity contribution in [3.8, 4) is 5.75 Å². The zero-order valence-corrected chi connectivity index (χ0v) is 18.9. The van der Waals surface area contributed by atoms with Crippen LogP contribution in [-0.4, -0.2) is 59.7 Å². The topological polar surface area (TPSA) is 56.6 Å². The number of ether oxygens (including phenoxy) is 2. The van der Waals surface area contributed by atoms with E-state index >= 15 is 0 Å². The Labute approximate surface area is 191 Å². The Morgan fingerprint density at radius 1 is 1.06 bits per heavy atom. The van der Waals surface area contributed by atoms with Crippen LogP contribution in [0.5, 0.6) is 5.75 Å². The summed E-state index contributed by atoms with van der Waals surface area (Å²) in [5.41, 5.74) is 0.744. The zero-order chi connectivity index (χ0) is 21.5. The van der Waals surface area contributed by atoms with Crippen LogP contribution >= 0.6 is 23.4 Å². The lowest BCUT2D eigenvalue weighted by molar-refractivity contribution is 0.0368. The van der Waals surface area contributed by atoms with Gasteiger partial charge in [0.25, 0.3) is 5.56 Å². The average Bonchev–Trinajstić information content (AvgIpc) is 2.80. The fourth-order valence-corrected chi connectivity index (χ4v) is 4.61. The molecule has 0 radical (unpaired) electrons. The van der Waals surface area contributed by atoms with Crippen molar-refractivity contribution in [1.29, 1.82) is 0 Å². The maximum absolute atomic E-state index is 13.2. The Kier molecular flexibility index (Phi) is 7.86. The first-order valence-electron chi connectivity index (χ1n) is 10.5. The molecular weight excluding hydrogens is 434 g/mol. The summed E-state index contributed by atoms with van der Waals surface area (Å²) >= 11 is 7.69. The highest BCUT2D eigenvalue weighted by Crippen LogP contribution is 2.24. The molecule has 1 aliphatic heterocycles. The first-order valence-corrected chi connectivity index (χ1v) is 11.9. The van der Waals surface area contributed by atoms with Crippen LogP contribution in [0.4, 0.5) is 0 Å². The highest BCUT2D eigenvalue weighted by molar-refractivity contribution is 7.99. The van der Waals surface area contributed by atoms with E-state index in [1.165, 1.54) is 11.8 Å². The van der Waals surface area contributed by atoms with Crippen LogP contribution in [0.15, 0.2) is 58.5 Å². The minimum Gasteiger partial charge on any atom is -0.491 e. The molecular formula is C23H26ClN3O3S. The second-order valence-corrected chi connectivity index (χ2v) is 8.77. The standard InChI is InChI=1S/C23H26ClN3O3S/c24-19-7-2-4-9-21(19)30-16-17-31-23-25-20-8-3-1-6-18(20)22(28)27(23)11-5-10-26-12-14-29-15-13-26/h1-4,6-9H,5,10-17H2. The summed E-state index contributed by atoms with van der Waals surface area (Å²) in [6, 6.07) is 14.9. The van der Waals surface area contributed by atoms with Crippen molar-refractivity contribution in [1.82, 2.24) is 14.5 Å². The normalized spacial score (nSPS) is 14.7. The Hall–Kier alpha value is -2.06. The quantitative estimate of drug-likeness (QED) is 0.274. The smallest absolute Gasteiger partial charge is 0.262 e. The molecule has 31 heavy (non-hydrogen) atoms. The molecule has 0 N–H and O–H groups in total. The number of para-hydroxylation sites is 2. The van der Waals surface area contributed by atoms with Gasteiger partial charge in [-0.1, -0.05) is 47.6 Å². The maximum Gasteiger partial charge on any atom is 0.262 e. The van der Waals surface area contributed by atoms with Gasteiger partial charge in [0.1, 0.15) is 5.75 Å². The third-order valence-corrected chi connectivity index (χ3v) is 6.45. The van der Waals surface area contributed by atoms with E-state index in [4.69, 9.17) is 26.1 Å². The molecule has 4 rings (SSSR count). The summed E-state index contributed by atoms with van der Waals surface area (Å²) in [7, 11) is 0. The number of thioether (sulfide) groups is 1. The van der Waals surface area contributed by atoms with Crippen molar-refractivity contribution in [3.05, 3.63) is 63.9 Å². The number of hydrogen-bond acceptors (Lipinski definition) is 6. The Morgan fingerprint density at radius 3 is 2.68 bits per heavy atom. The van der Waals surface area contributed by atoms with E-state index in [1.54, 1.807) is 6.07 Å². The van der Waals surface area contributed by atoms with Gasteiger partial charge in [0, 0.05) is 31.9 Å². The molecule has 1 aliphatic rings. The summed E-state index contributed by atoms with van der Waals surface area (Å²) in [5.74, 6) is 1.33. The van der Waals surface area contributed by atoms with Crippen LogP contribution in [0.3, 0.4) is 0 Å². The monoisotopic (exact) mass is 459 g/mol. The Morgan fingerprint density at radius 2 is 1.84 bits per heavy atom. The van der Waals surface area contributed by atoms with Gasteiger partial charge in [-0.15, -0.1) is 0 Å². The van der Waals surface area contributed by atoms with Gasteiger partial charge >= 0.3 is 0 Å². The summed E-state index contributed by atoms with van der Waals surface area (Å²) < 4.78 is 13.0. The van der Waals surface area contributed by atoms with Crippen LogP contribution in [0.25, 0.3) is 10.9 Å². The Balaban J connectivity index is 1.44. The SMILES string of the molecule is O=c1c2ccccc2nc(SCCOc2ccccc2Cl)n1CCCN1CCOCC1. The molecule has 0 atom stereocenters. The molecule has 2 aromatic carbocycles. The van der Waals surface area contributed by atoms with E-state index in [0.717, 1.165) is 49.9 Å². The lowest BCUT2D eigenvalue weighted by atomic mass is 10.2. The highest BCUT2D eigenvalue weighted by atomic mass is 35.5. The highest BCUT2D eigenvalue weighted by Gasteiger charge is 2.14. The number of nitrogens with zero attached hydrogens (tertiary/aromatic N) is 3. The first-order chi connectivity index (χ1) is 15.2. The third kappa shape index (κ3) is 5.80. The van der Waals surface area contributed by atoms with Gasteiger partial charge in [0.2, 0.25) is 0 Å². The molecule has 3 aromatic rings. The third-order valence-electron chi connectivity index (χ3n) is 5.20. The fraction of sp³-hybridized carbons (Fsp3) is 0.391. The van der Waals surface area contributed by atoms with Crippen molar-refractivity contribution >= 4 is 34.3 Å². The van der Waals surface area contributed by atoms with E-state index in [9.17, 15) is 4.79 Å². The van der Waals surface area contributed by atoms with Gasteiger partial charge in [0.05, 0.1) is 35.7 Å². The van der Waals surface area contributed by atoms with E-state index in [-0.39, 0.29) is 5.56 Å². The van der Waals surface area contributed by atoms with Gasteiger partial charge in [0.15, 0.2) is 5.16 Å². The van der Waals surface area contributed by atoms with Crippen LogP contribution in [0, 0.1) is 0 Å². The fourth-order valence-electron chi connectivity index (χ4n) is 3.58. The lowest BCUT2D eigenvalue weighted by Gasteiger charge is -2.26. The number of benzene rings is 2. The number of fused-ring (bicyclic) bond motifs is 1. The molecule has 2 heterocycles. The molecule has 8 heteroatoms. The van der Waals surface area contributed by atoms with Gasteiger partial charge in [-0.2, -0.15) is 0 Å². The molecule has 0 saturated carbocycles. The summed E-state index contributed by atoms with van der Waals surface area (Å²) in [5, 5.41) is 1.98. The molecule has 1 saturated heterocycles. The van der Waals surface area contributed by atoms with Crippen molar-refractivity contribution < 1.29 is 9.47 Å². The second-order valence-electron chi connectivity index (χ2n) is 7.30. The molecule has 0 spiro atoms. The number of aromatic nitrogens is 2. The molecule has 0 unspecified atom stereocenters. The molecule has 0 bridgehead atoms. The van der Waals surface area contributed by atoms with Crippen LogP contribution < -0.4 is 10.3 Å². The van der Waals surface area contributed by atoms with Gasteiger partial charge in [-0.25, -0.2) is 4.98 Å². The van der Waals surface area contributed by atoms with Gasteiger partial charge in [-0.3, -0.25) is 14.3 Å². The van der Waals surface area contributed by atoms with E-state index in [2.05, 4.69) is 4.90 Å². The molecule has 164 valence electrons. The minimum atomic E-state index is 0.0158. The average molecular weight is 460 g/mol. The van der Waals surface area contributed by atoms with Crippen LogP contribution in [0.2, 0.25) is 5.02 Å². The van der Waals surface area contributed by atoms with Gasteiger partial charge in [-0.05, 0) is 30.7 Å². The summed E-state index contributed by atoms with van der Waals surface area (Å²) in [6.45, 7) is 5.53. The molecule has 1 fully saturated rings. The number of rotatable bonds is 9. The van der Waals surface area contributed by atoms with Crippen molar-refractivity contribution in [2.45, 2.75) is 18.1 Å². The predicted molar refractivity (Wildman–Crippen MR) is 126 cm³/mol. The number of hydrogen-bond donors (Lipinski definition) is 0. The summed E-state index contributed by atoms with van der Waals surface area (Å²) in [6.07, 6.45) is 0.892. The number of halogens is 1. The van der Waals surface area contributed by atoms with E-state index < -0.39 is 0 Å². The van der Waals surface area contributed by atoms with Crippen molar-refractivity contribution in [2.75, 3.05) is 45.2 Å². The van der Waals surface area contributed by atoms with E-state index in [1.807, 2.05) is 47.0 Å². The second kappa shape index (κ2) is 11.0. The summed E-state index contributed by atoms with van der Waals surface area (Å²) in [4.78, 5) is 20.3. The van der Waals surface area contributed by atoms with Crippen LogP contribution in [-0.2, 0) is 11.3 Å².